The van der Waals surface area contributed by atoms with E-state index in [4.69, 9.17) is 22.3 Å². The molecule has 1 aromatic carbocycles. The van der Waals surface area contributed by atoms with Gasteiger partial charge in [-0.15, -0.1) is 10.2 Å². The molecule has 2 aromatic rings. The Bertz CT molecular complexity index is 787. The summed E-state index contributed by atoms with van der Waals surface area (Å²) in [6.07, 6.45) is 1.76. The number of nitrogens with zero attached hydrogens (tertiary/aromatic N) is 3. The molecule has 20 heavy (non-hydrogen) atoms. The zero-order chi connectivity index (χ0) is 14.5. The summed E-state index contributed by atoms with van der Waals surface area (Å²) in [5.74, 6) is 0.445. The van der Waals surface area contributed by atoms with Crippen LogP contribution < -0.4 is 0 Å². The molecule has 1 aliphatic rings. The van der Waals surface area contributed by atoms with E-state index in [1.165, 1.54) is 0 Å². The van der Waals surface area contributed by atoms with E-state index in [0.717, 1.165) is 17.3 Å². The largest absolute Gasteiger partial charge is 0.296 e. The third-order valence-corrected chi connectivity index (χ3v) is 5.02. The van der Waals surface area contributed by atoms with Crippen LogP contribution in [0.2, 0.25) is 5.02 Å². The first-order chi connectivity index (χ1) is 9.38. The summed E-state index contributed by atoms with van der Waals surface area (Å²) in [6.45, 7) is 0. The van der Waals surface area contributed by atoms with Crippen LogP contribution in [0.1, 0.15) is 18.9 Å². The fraction of sp³-hybridized carbons (Fsp3) is 0.273. The molecule has 0 bridgehead atoms. The van der Waals surface area contributed by atoms with Gasteiger partial charge in [0, 0.05) is 31.8 Å². The highest BCUT2D eigenvalue weighted by Crippen LogP contribution is 2.42. The first-order valence-corrected chi connectivity index (χ1v) is 9.21. The summed E-state index contributed by atoms with van der Waals surface area (Å²) >= 11 is 9.40. The van der Waals surface area contributed by atoms with Crippen LogP contribution in [-0.2, 0) is 9.05 Å². The average Bonchev–Trinajstić information content (AvgIpc) is 3.09. The monoisotopic (exact) mass is 395 g/mol. The molecule has 1 saturated carbocycles. The predicted octanol–water partition coefficient (Wildman–Crippen LogP) is 3.62. The second kappa shape index (κ2) is 4.98. The normalized spacial score (nSPS) is 15.6. The van der Waals surface area contributed by atoms with Crippen LogP contribution in [0.25, 0.3) is 11.4 Å². The minimum absolute atomic E-state index is 0.0643. The van der Waals surface area contributed by atoms with E-state index < -0.39 is 9.05 Å². The van der Waals surface area contributed by atoms with E-state index in [-0.39, 0.29) is 11.2 Å². The van der Waals surface area contributed by atoms with Crippen LogP contribution >= 0.6 is 38.2 Å². The Morgan fingerprint density at radius 1 is 1.30 bits per heavy atom. The predicted molar refractivity (Wildman–Crippen MR) is 79.5 cm³/mol. The Labute approximate surface area is 133 Å². The lowest BCUT2D eigenvalue weighted by Crippen LogP contribution is -2.06. The summed E-state index contributed by atoms with van der Waals surface area (Å²) < 4.78 is 25.5. The van der Waals surface area contributed by atoms with Gasteiger partial charge in [-0.2, -0.15) is 0 Å². The van der Waals surface area contributed by atoms with Gasteiger partial charge in [0.2, 0.25) is 0 Å². The van der Waals surface area contributed by atoms with Gasteiger partial charge in [-0.25, -0.2) is 8.42 Å². The number of hydrogen-bond donors (Lipinski definition) is 0. The third kappa shape index (κ3) is 2.59. The topological polar surface area (TPSA) is 64.8 Å². The molecular weight excluding hydrogens is 389 g/mol. The van der Waals surface area contributed by atoms with Crippen molar-refractivity contribution in [3.05, 3.63) is 27.7 Å². The van der Waals surface area contributed by atoms with Crippen LogP contribution in [0.5, 0.6) is 0 Å². The molecule has 0 radical (unpaired) electrons. The summed E-state index contributed by atoms with van der Waals surface area (Å²) in [6, 6.07) is 5.28. The molecule has 0 saturated heterocycles. The van der Waals surface area contributed by atoms with Crippen LogP contribution in [0.3, 0.4) is 0 Å². The molecule has 1 aromatic heterocycles. The van der Waals surface area contributed by atoms with Crippen LogP contribution in [0.15, 0.2) is 27.8 Å². The quantitative estimate of drug-likeness (QED) is 0.743. The molecule has 0 amide bonds. The zero-order valence-electron chi connectivity index (χ0n) is 9.92. The van der Waals surface area contributed by atoms with Crippen molar-refractivity contribution in [2.75, 3.05) is 0 Å². The molecule has 1 aliphatic carbocycles. The lowest BCUT2D eigenvalue weighted by molar-refractivity contribution is 0.579. The minimum Gasteiger partial charge on any atom is -0.294 e. The number of halogens is 3. The highest BCUT2D eigenvalue weighted by molar-refractivity contribution is 9.10. The molecule has 9 heteroatoms. The minimum atomic E-state index is -3.94. The molecular formula is C11H8BrCl2N3O2S. The van der Waals surface area contributed by atoms with E-state index in [9.17, 15) is 8.42 Å². The highest BCUT2D eigenvalue weighted by atomic mass is 79.9. The van der Waals surface area contributed by atoms with Crippen molar-refractivity contribution in [3.63, 3.8) is 0 Å². The Balaban J connectivity index is 2.25. The molecule has 0 atom stereocenters. The van der Waals surface area contributed by atoms with E-state index in [1.54, 1.807) is 22.8 Å². The molecule has 5 nitrogen and oxygen atoms in total. The van der Waals surface area contributed by atoms with Gasteiger partial charge in [0.05, 0.1) is 0 Å². The van der Waals surface area contributed by atoms with Gasteiger partial charge in [-0.3, -0.25) is 4.57 Å². The second-order valence-electron chi connectivity index (χ2n) is 4.47. The lowest BCUT2D eigenvalue weighted by Gasteiger charge is -2.09. The number of rotatable bonds is 3. The Kier molecular flexibility index (Phi) is 3.56. The van der Waals surface area contributed by atoms with Crippen molar-refractivity contribution < 1.29 is 8.42 Å². The summed E-state index contributed by atoms with van der Waals surface area (Å²) in [5, 5.41) is 8.01. The lowest BCUT2D eigenvalue weighted by atomic mass is 10.2. The van der Waals surface area contributed by atoms with E-state index in [1.807, 2.05) is 0 Å². The fourth-order valence-electron chi connectivity index (χ4n) is 1.96. The van der Waals surface area contributed by atoms with Crippen molar-refractivity contribution in [1.82, 2.24) is 14.8 Å². The van der Waals surface area contributed by atoms with Crippen molar-refractivity contribution in [2.24, 2.45) is 0 Å². The van der Waals surface area contributed by atoms with Crippen molar-refractivity contribution in [2.45, 2.75) is 24.0 Å². The van der Waals surface area contributed by atoms with Crippen molar-refractivity contribution in [3.8, 4) is 11.4 Å². The molecule has 1 heterocycles. The number of benzene rings is 1. The van der Waals surface area contributed by atoms with Crippen LogP contribution in [0.4, 0.5) is 0 Å². The standard InChI is InChI=1S/C11H8BrCl2N3O2S/c12-9-4-1-6(13)5-8(9)10-15-16-11(20(14,18)19)17(10)7-2-3-7/h1,4-5,7H,2-3H2. The van der Waals surface area contributed by atoms with Crippen molar-refractivity contribution in [1.29, 1.82) is 0 Å². The van der Waals surface area contributed by atoms with Gasteiger partial charge in [-0.1, -0.05) is 27.5 Å². The van der Waals surface area contributed by atoms with Gasteiger partial charge in [0.1, 0.15) is 0 Å². The fourth-order valence-corrected chi connectivity index (χ4v) is 3.48. The number of hydrogen-bond acceptors (Lipinski definition) is 4. The molecule has 0 aliphatic heterocycles. The van der Waals surface area contributed by atoms with E-state index in [0.29, 0.717) is 16.4 Å². The Hall–Kier alpha value is -0.630. The van der Waals surface area contributed by atoms with Gasteiger partial charge in [0.25, 0.3) is 14.2 Å². The van der Waals surface area contributed by atoms with Crippen LogP contribution in [-0.4, -0.2) is 23.2 Å². The van der Waals surface area contributed by atoms with E-state index in [2.05, 4.69) is 26.1 Å². The van der Waals surface area contributed by atoms with Gasteiger partial charge >= 0.3 is 0 Å². The summed E-state index contributed by atoms with van der Waals surface area (Å²) in [5.41, 5.74) is 0.684. The van der Waals surface area contributed by atoms with Gasteiger partial charge < -0.3 is 0 Å². The summed E-state index contributed by atoms with van der Waals surface area (Å²) in [4.78, 5) is 0. The Morgan fingerprint density at radius 3 is 2.60 bits per heavy atom. The first kappa shape index (κ1) is 14.3. The second-order valence-corrected chi connectivity index (χ2v) is 8.22. The molecule has 0 spiro atoms. The first-order valence-electron chi connectivity index (χ1n) is 5.73. The molecule has 0 unspecified atom stereocenters. The van der Waals surface area contributed by atoms with E-state index >= 15 is 0 Å². The maximum atomic E-state index is 11.6. The zero-order valence-corrected chi connectivity index (χ0v) is 13.8. The molecule has 106 valence electrons. The number of aromatic nitrogens is 3. The SMILES string of the molecule is O=S(=O)(Cl)c1nnc(-c2cc(Cl)ccc2Br)n1C1CC1. The average molecular weight is 397 g/mol. The molecule has 0 N–H and O–H groups in total. The van der Waals surface area contributed by atoms with Gasteiger partial charge in [-0.05, 0) is 31.0 Å². The summed E-state index contributed by atoms with van der Waals surface area (Å²) in [7, 11) is 1.48. The maximum Gasteiger partial charge on any atom is 0.296 e. The third-order valence-electron chi connectivity index (χ3n) is 2.96. The molecule has 3 rings (SSSR count). The van der Waals surface area contributed by atoms with Gasteiger partial charge in [0.15, 0.2) is 5.82 Å². The smallest absolute Gasteiger partial charge is 0.294 e. The van der Waals surface area contributed by atoms with Crippen LogP contribution in [0, 0.1) is 0 Å². The Morgan fingerprint density at radius 2 is 2.00 bits per heavy atom. The van der Waals surface area contributed by atoms with Crippen molar-refractivity contribution >= 4 is 47.3 Å². The maximum absolute atomic E-state index is 11.6. The molecule has 1 fully saturated rings. The highest BCUT2D eigenvalue weighted by Gasteiger charge is 2.34.